The molecule has 5 nitrogen and oxygen atoms in total. The van der Waals surface area contributed by atoms with E-state index < -0.39 is 0 Å². The molecule has 132 valence electrons. The molecule has 3 N–H and O–H groups in total. The van der Waals surface area contributed by atoms with E-state index in [-0.39, 0.29) is 12.0 Å². The van der Waals surface area contributed by atoms with Crippen LogP contribution in [0.25, 0.3) is 0 Å². The summed E-state index contributed by atoms with van der Waals surface area (Å²) in [6.07, 6.45) is 2.14. The minimum absolute atomic E-state index is 0.100. The molecule has 1 amide bonds. The van der Waals surface area contributed by atoms with Gasteiger partial charge in [-0.05, 0) is 48.7 Å². The molecule has 1 aliphatic rings. The zero-order valence-electron chi connectivity index (χ0n) is 13.8. The number of carbonyl (C=O) groups excluding carboxylic acids is 1. The van der Waals surface area contributed by atoms with E-state index in [1.165, 1.54) is 0 Å². The second kappa shape index (κ2) is 8.34. The van der Waals surface area contributed by atoms with E-state index in [0.717, 1.165) is 25.0 Å². The number of anilines is 1. The van der Waals surface area contributed by atoms with Crippen LogP contribution < -0.4 is 15.8 Å². The van der Waals surface area contributed by atoms with E-state index in [9.17, 15) is 4.79 Å². The number of halogens is 1. The lowest BCUT2D eigenvalue weighted by Crippen LogP contribution is -2.18. The third-order valence-corrected chi connectivity index (χ3v) is 4.33. The zero-order chi connectivity index (χ0) is 17.6. The first-order valence-electron chi connectivity index (χ1n) is 8.30. The van der Waals surface area contributed by atoms with Crippen molar-refractivity contribution >= 4 is 23.2 Å². The van der Waals surface area contributed by atoms with Gasteiger partial charge in [0.2, 0.25) is 0 Å². The van der Waals surface area contributed by atoms with Crippen molar-refractivity contribution in [3.05, 3.63) is 58.6 Å². The molecule has 0 spiro atoms. The van der Waals surface area contributed by atoms with Gasteiger partial charge in [0.05, 0.1) is 11.8 Å². The van der Waals surface area contributed by atoms with Crippen LogP contribution in [0.2, 0.25) is 5.02 Å². The van der Waals surface area contributed by atoms with Gasteiger partial charge in [-0.15, -0.1) is 0 Å². The van der Waals surface area contributed by atoms with Gasteiger partial charge in [0.25, 0.3) is 5.91 Å². The van der Waals surface area contributed by atoms with Crippen LogP contribution in [0.4, 0.5) is 5.69 Å². The van der Waals surface area contributed by atoms with Gasteiger partial charge in [-0.1, -0.05) is 23.7 Å². The average molecular weight is 361 g/mol. The van der Waals surface area contributed by atoms with E-state index in [0.29, 0.717) is 35.2 Å². The smallest absolute Gasteiger partial charge is 0.255 e. The number of ether oxygens (including phenoxy) is 2. The van der Waals surface area contributed by atoms with Crippen molar-refractivity contribution in [1.82, 2.24) is 0 Å². The van der Waals surface area contributed by atoms with E-state index in [2.05, 4.69) is 5.32 Å². The van der Waals surface area contributed by atoms with Gasteiger partial charge in [-0.3, -0.25) is 4.79 Å². The largest absolute Gasteiger partial charge is 0.489 e. The van der Waals surface area contributed by atoms with Crippen LogP contribution in [0, 0.1) is 0 Å². The van der Waals surface area contributed by atoms with E-state index >= 15 is 0 Å². The molecule has 1 fully saturated rings. The molecule has 0 radical (unpaired) electrons. The lowest BCUT2D eigenvalue weighted by atomic mass is 10.1. The number of benzene rings is 2. The number of hydrogen-bond donors (Lipinski definition) is 2. The first kappa shape index (κ1) is 17.7. The maximum absolute atomic E-state index is 12.5. The molecule has 1 atom stereocenters. The number of carbonyl (C=O) groups is 1. The Labute approximate surface area is 152 Å². The highest BCUT2D eigenvalue weighted by molar-refractivity contribution is 6.31. The maximum atomic E-state index is 12.5. The van der Waals surface area contributed by atoms with Gasteiger partial charge in [-0.25, -0.2) is 0 Å². The quantitative estimate of drug-likeness (QED) is 0.825. The molecule has 1 saturated heterocycles. The van der Waals surface area contributed by atoms with Gasteiger partial charge in [0.15, 0.2) is 0 Å². The van der Waals surface area contributed by atoms with Crippen LogP contribution in [0.3, 0.4) is 0 Å². The summed E-state index contributed by atoms with van der Waals surface area (Å²) in [5, 5.41) is 3.39. The summed E-state index contributed by atoms with van der Waals surface area (Å²) in [6.45, 7) is 1.67. The van der Waals surface area contributed by atoms with Crippen LogP contribution >= 0.6 is 11.6 Å². The minimum Gasteiger partial charge on any atom is -0.489 e. The molecule has 2 aromatic carbocycles. The first-order valence-corrected chi connectivity index (χ1v) is 8.68. The van der Waals surface area contributed by atoms with Gasteiger partial charge in [-0.2, -0.15) is 0 Å². The molecule has 3 rings (SSSR count). The molecular formula is C19H21ClN2O3. The Morgan fingerprint density at radius 3 is 2.76 bits per heavy atom. The topological polar surface area (TPSA) is 73.6 Å². The van der Waals surface area contributed by atoms with Crippen LogP contribution in [0.15, 0.2) is 42.5 Å². The Morgan fingerprint density at radius 2 is 2.08 bits per heavy atom. The minimum atomic E-state index is -0.229. The summed E-state index contributed by atoms with van der Waals surface area (Å²) < 4.78 is 11.4. The standard InChI is InChI=1S/C19H21ClN2O3/c20-15-7-8-18(25-12-16-2-1-9-24-16)17(10-15)22-19(23)14-5-3-13(11-21)4-6-14/h3-8,10,16H,1-2,9,11-12,21H2,(H,22,23). The second-order valence-corrected chi connectivity index (χ2v) is 6.38. The molecular weight excluding hydrogens is 340 g/mol. The highest BCUT2D eigenvalue weighted by atomic mass is 35.5. The third-order valence-electron chi connectivity index (χ3n) is 4.09. The Balaban J connectivity index is 1.70. The average Bonchev–Trinajstić information content (AvgIpc) is 3.14. The number of hydrogen-bond acceptors (Lipinski definition) is 4. The lowest BCUT2D eigenvalue weighted by Gasteiger charge is -2.15. The molecule has 2 aromatic rings. The Kier molecular flexibility index (Phi) is 5.91. The van der Waals surface area contributed by atoms with Crippen molar-refractivity contribution in [2.75, 3.05) is 18.5 Å². The number of nitrogens with one attached hydrogen (secondary N) is 1. The summed E-state index contributed by atoms with van der Waals surface area (Å²) in [5.41, 5.74) is 7.64. The highest BCUT2D eigenvalue weighted by Crippen LogP contribution is 2.29. The zero-order valence-corrected chi connectivity index (χ0v) is 14.6. The number of rotatable bonds is 6. The van der Waals surface area contributed by atoms with Crippen LogP contribution in [-0.2, 0) is 11.3 Å². The van der Waals surface area contributed by atoms with Crippen LogP contribution in [0.5, 0.6) is 5.75 Å². The first-order chi connectivity index (χ1) is 12.2. The van der Waals surface area contributed by atoms with Crippen molar-refractivity contribution in [2.45, 2.75) is 25.5 Å². The lowest BCUT2D eigenvalue weighted by molar-refractivity contribution is 0.0682. The van der Waals surface area contributed by atoms with Crippen molar-refractivity contribution in [3.63, 3.8) is 0 Å². The molecule has 1 aliphatic heterocycles. The van der Waals surface area contributed by atoms with E-state index in [4.69, 9.17) is 26.8 Å². The fraction of sp³-hybridized carbons (Fsp3) is 0.316. The van der Waals surface area contributed by atoms with Crippen LogP contribution in [-0.4, -0.2) is 25.2 Å². The molecule has 0 aromatic heterocycles. The maximum Gasteiger partial charge on any atom is 0.255 e. The fourth-order valence-electron chi connectivity index (χ4n) is 2.67. The molecule has 0 aliphatic carbocycles. The summed E-state index contributed by atoms with van der Waals surface area (Å²) in [5.74, 6) is 0.347. The summed E-state index contributed by atoms with van der Waals surface area (Å²) in [6, 6.07) is 12.3. The Bertz CT molecular complexity index is 728. The van der Waals surface area contributed by atoms with E-state index in [1.807, 2.05) is 12.1 Å². The number of amides is 1. The predicted molar refractivity (Wildman–Crippen MR) is 98.2 cm³/mol. The molecule has 1 unspecified atom stereocenters. The molecule has 0 saturated carbocycles. The molecule has 25 heavy (non-hydrogen) atoms. The summed E-state index contributed by atoms with van der Waals surface area (Å²) >= 11 is 6.07. The molecule has 6 heteroatoms. The summed E-state index contributed by atoms with van der Waals surface area (Å²) in [7, 11) is 0. The summed E-state index contributed by atoms with van der Waals surface area (Å²) in [4.78, 5) is 12.5. The second-order valence-electron chi connectivity index (χ2n) is 5.94. The Morgan fingerprint density at radius 1 is 1.28 bits per heavy atom. The normalized spacial score (nSPS) is 16.6. The SMILES string of the molecule is NCc1ccc(C(=O)Nc2cc(Cl)ccc2OCC2CCCO2)cc1. The van der Waals surface area contributed by atoms with Gasteiger partial charge in [0.1, 0.15) is 12.4 Å². The van der Waals surface area contributed by atoms with Gasteiger partial charge < -0.3 is 20.5 Å². The van der Waals surface area contributed by atoms with Gasteiger partial charge >= 0.3 is 0 Å². The van der Waals surface area contributed by atoms with Crippen molar-refractivity contribution < 1.29 is 14.3 Å². The molecule has 0 bridgehead atoms. The van der Waals surface area contributed by atoms with Crippen molar-refractivity contribution in [2.24, 2.45) is 5.73 Å². The van der Waals surface area contributed by atoms with Crippen molar-refractivity contribution in [3.8, 4) is 5.75 Å². The predicted octanol–water partition coefficient (Wildman–Crippen LogP) is 3.61. The monoisotopic (exact) mass is 360 g/mol. The van der Waals surface area contributed by atoms with Crippen LogP contribution in [0.1, 0.15) is 28.8 Å². The third kappa shape index (κ3) is 4.72. The number of nitrogens with two attached hydrogens (primary N) is 1. The van der Waals surface area contributed by atoms with E-state index in [1.54, 1.807) is 30.3 Å². The fourth-order valence-corrected chi connectivity index (χ4v) is 2.84. The molecule has 1 heterocycles. The van der Waals surface area contributed by atoms with Crippen molar-refractivity contribution in [1.29, 1.82) is 0 Å². The Hall–Kier alpha value is -2.08. The van der Waals surface area contributed by atoms with Gasteiger partial charge in [0, 0.05) is 23.7 Å². The highest BCUT2D eigenvalue weighted by Gasteiger charge is 2.17.